The first kappa shape index (κ1) is 17.7. The second-order valence-electron chi connectivity index (χ2n) is 6.72. The molecule has 2 rings (SSSR count). The Kier molecular flexibility index (Phi) is 5.06. The van der Waals surface area contributed by atoms with E-state index in [0.717, 1.165) is 0 Å². The van der Waals surface area contributed by atoms with Gasteiger partial charge in [-0.25, -0.2) is 9.78 Å². The highest BCUT2D eigenvalue weighted by molar-refractivity contribution is 5.97. The maximum Gasteiger partial charge on any atom is 0.413 e. The van der Waals surface area contributed by atoms with Gasteiger partial charge >= 0.3 is 6.09 Å². The van der Waals surface area contributed by atoms with E-state index in [-0.39, 0.29) is 24.2 Å². The number of anilines is 2. The molecule has 8 nitrogen and oxygen atoms in total. The predicted molar refractivity (Wildman–Crippen MR) is 88.5 cm³/mol. The number of likely N-dealkylation sites (tertiary alicyclic amines) is 1. The summed E-state index contributed by atoms with van der Waals surface area (Å²) in [7, 11) is 1.67. The predicted octanol–water partition coefficient (Wildman–Crippen LogP) is 1.85. The van der Waals surface area contributed by atoms with Gasteiger partial charge in [-0.05, 0) is 32.9 Å². The number of aromatic nitrogens is 1. The summed E-state index contributed by atoms with van der Waals surface area (Å²) in [5.41, 5.74) is -0.0964. The lowest BCUT2D eigenvalue weighted by atomic mass is 10.1. The molecule has 24 heavy (non-hydrogen) atoms. The van der Waals surface area contributed by atoms with E-state index < -0.39 is 11.7 Å². The van der Waals surface area contributed by atoms with Crippen LogP contribution < -0.4 is 10.6 Å². The molecular weight excluding hydrogens is 312 g/mol. The minimum absolute atomic E-state index is 0.0369. The van der Waals surface area contributed by atoms with Crippen molar-refractivity contribution in [1.29, 1.82) is 0 Å². The van der Waals surface area contributed by atoms with Crippen LogP contribution in [0.1, 0.15) is 27.2 Å². The zero-order valence-electron chi connectivity index (χ0n) is 14.3. The van der Waals surface area contributed by atoms with Crippen LogP contribution in [0.25, 0.3) is 0 Å². The number of carbonyl (C=O) groups excluding carboxylic acids is 3. The van der Waals surface area contributed by atoms with Crippen molar-refractivity contribution >= 4 is 29.4 Å². The van der Waals surface area contributed by atoms with Gasteiger partial charge in [-0.2, -0.15) is 0 Å². The minimum atomic E-state index is -0.598. The molecule has 1 atom stereocenters. The van der Waals surface area contributed by atoms with Crippen LogP contribution in [0.15, 0.2) is 18.3 Å². The van der Waals surface area contributed by atoms with Crippen molar-refractivity contribution in [3.8, 4) is 0 Å². The Balaban J connectivity index is 1.89. The van der Waals surface area contributed by atoms with Crippen molar-refractivity contribution in [3.63, 3.8) is 0 Å². The molecule has 0 radical (unpaired) electrons. The highest BCUT2D eigenvalue weighted by Crippen LogP contribution is 2.19. The lowest BCUT2D eigenvalue weighted by Crippen LogP contribution is -2.27. The van der Waals surface area contributed by atoms with Gasteiger partial charge < -0.3 is 15.0 Å². The third-order valence-corrected chi connectivity index (χ3v) is 3.37. The van der Waals surface area contributed by atoms with Gasteiger partial charge in [0.25, 0.3) is 0 Å². The third kappa shape index (κ3) is 4.94. The van der Waals surface area contributed by atoms with Crippen molar-refractivity contribution in [2.75, 3.05) is 24.2 Å². The average Bonchev–Trinajstić information content (AvgIpc) is 2.79. The first-order valence-electron chi connectivity index (χ1n) is 7.65. The summed E-state index contributed by atoms with van der Waals surface area (Å²) in [6, 6.07) is 3.18. The van der Waals surface area contributed by atoms with Crippen molar-refractivity contribution in [1.82, 2.24) is 9.88 Å². The second-order valence-corrected chi connectivity index (χ2v) is 6.72. The number of ether oxygens (including phenoxy) is 1. The molecule has 0 aliphatic carbocycles. The number of nitrogens with zero attached hydrogens (tertiary/aromatic N) is 2. The highest BCUT2D eigenvalue weighted by atomic mass is 16.6. The number of hydrogen-bond acceptors (Lipinski definition) is 5. The zero-order chi connectivity index (χ0) is 17.9. The summed E-state index contributed by atoms with van der Waals surface area (Å²) < 4.78 is 5.13. The van der Waals surface area contributed by atoms with Gasteiger partial charge in [0.2, 0.25) is 11.8 Å². The van der Waals surface area contributed by atoms with Crippen LogP contribution in [0.5, 0.6) is 0 Å². The number of pyridine rings is 1. The fraction of sp³-hybridized carbons (Fsp3) is 0.500. The first-order valence-corrected chi connectivity index (χ1v) is 7.65. The van der Waals surface area contributed by atoms with Gasteiger partial charge in [-0.3, -0.25) is 14.9 Å². The molecule has 1 aromatic rings. The number of nitrogens with one attached hydrogen (secondary N) is 2. The van der Waals surface area contributed by atoms with Crippen LogP contribution in [-0.2, 0) is 14.3 Å². The third-order valence-electron chi connectivity index (χ3n) is 3.37. The Hall–Kier alpha value is -2.64. The standard InChI is InChI=1S/C16H22N4O4/c1-16(2,3)24-15(23)19-12-6-5-11(8-17-12)18-14(22)10-7-13(21)20(4)9-10/h5-6,8,10H,7,9H2,1-4H3,(H,18,22)(H,17,19,23)/t10-/m1/s1. The van der Waals surface area contributed by atoms with E-state index in [2.05, 4.69) is 15.6 Å². The largest absolute Gasteiger partial charge is 0.444 e. The molecule has 3 amide bonds. The Labute approximate surface area is 140 Å². The van der Waals surface area contributed by atoms with Crippen LogP contribution in [0.3, 0.4) is 0 Å². The second kappa shape index (κ2) is 6.86. The minimum Gasteiger partial charge on any atom is -0.444 e. The molecule has 1 fully saturated rings. The molecule has 2 N–H and O–H groups in total. The van der Waals surface area contributed by atoms with E-state index >= 15 is 0 Å². The smallest absolute Gasteiger partial charge is 0.413 e. The number of rotatable bonds is 3. The Morgan fingerprint density at radius 2 is 2.00 bits per heavy atom. The quantitative estimate of drug-likeness (QED) is 0.878. The Bertz CT molecular complexity index is 636. The summed E-state index contributed by atoms with van der Waals surface area (Å²) in [5.74, 6) is -0.298. The van der Waals surface area contributed by atoms with E-state index in [1.807, 2.05) is 0 Å². The number of carbonyl (C=O) groups is 3. The molecular formula is C16H22N4O4. The van der Waals surface area contributed by atoms with Crippen molar-refractivity contribution < 1.29 is 19.1 Å². The molecule has 8 heteroatoms. The van der Waals surface area contributed by atoms with Crippen LogP contribution in [0.4, 0.5) is 16.3 Å². The summed E-state index contributed by atoms with van der Waals surface area (Å²) in [6.07, 6.45) is 1.05. The zero-order valence-corrected chi connectivity index (χ0v) is 14.3. The fourth-order valence-electron chi connectivity index (χ4n) is 2.23. The first-order chi connectivity index (χ1) is 11.1. The van der Waals surface area contributed by atoms with Crippen LogP contribution in [-0.4, -0.2) is 47.0 Å². The number of hydrogen-bond donors (Lipinski definition) is 2. The van der Waals surface area contributed by atoms with E-state index in [9.17, 15) is 14.4 Å². The van der Waals surface area contributed by atoms with Gasteiger partial charge in [0.1, 0.15) is 11.4 Å². The maximum absolute atomic E-state index is 12.1. The summed E-state index contributed by atoms with van der Waals surface area (Å²) >= 11 is 0. The van der Waals surface area contributed by atoms with Crippen LogP contribution >= 0.6 is 0 Å². The van der Waals surface area contributed by atoms with Crippen LogP contribution in [0, 0.1) is 5.92 Å². The van der Waals surface area contributed by atoms with Gasteiger partial charge in [0.05, 0.1) is 17.8 Å². The van der Waals surface area contributed by atoms with E-state index in [0.29, 0.717) is 18.1 Å². The molecule has 1 aliphatic rings. The molecule has 1 saturated heterocycles. The summed E-state index contributed by atoms with van der Waals surface area (Å²) in [6.45, 7) is 5.72. The molecule has 130 valence electrons. The lowest BCUT2D eigenvalue weighted by Gasteiger charge is -2.19. The monoisotopic (exact) mass is 334 g/mol. The van der Waals surface area contributed by atoms with Gasteiger partial charge in [-0.15, -0.1) is 0 Å². The average molecular weight is 334 g/mol. The summed E-state index contributed by atoms with van der Waals surface area (Å²) in [4.78, 5) is 40.8. The Morgan fingerprint density at radius 3 is 2.50 bits per heavy atom. The number of amides is 3. The molecule has 0 unspecified atom stereocenters. The van der Waals surface area contributed by atoms with E-state index in [1.165, 1.54) is 11.1 Å². The molecule has 2 heterocycles. The highest BCUT2D eigenvalue weighted by Gasteiger charge is 2.32. The fourth-order valence-corrected chi connectivity index (χ4v) is 2.23. The van der Waals surface area contributed by atoms with Crippen molar-refractivity contribution in [2.24, 2.45) is 5.92 Å². The van der Waals surface area contributed by atoms with Crippen molar-refractivity contribution in [2.45, 2.75) is 32.8 Å². The van der Waals surface area contributed by atoms with Gasteiger partial charge in [-0.1, -0.05) is 0 Å². The van der Waals surface area contributed by atoms with Gasteiger partial charge in [0, 0.05) is 20.0 Å². The van der Waals surface area contributed by atoms with Gasteiger partial charge in [0.15, 0.2) is 0 Å². The lowest BCUT2D eigenvalue weighted by molar-refractivity contribution is -0.127. The topological polar surface area (TPSA) is 101 Å². The summed E-state index contributed by atoms with van der Waals surface area (Å²) in [5, 5.41) is 5.23. The Morgan fingerprint density at radius 1 is 1.29 bits per heavy atom. The molecule has 1 aromatic heterocycles. The molecule has 1 aliphatic heterocycles. The van der Waals surface area contributed by atoms with E-state index in [4.69, 9.17) is 4.74 Å². The molecule has 0 saturated carbocycles. The van der Waals surface area contributed by atoms with E-state index in [1.54, 1.807) is 40.0 Å². The molecule has 0 spiro atoms. The normalized spacial score (nSPS) is 17.6. The van der Waals surface area contributed by atoms with Crippen LogP contribution in [0.2, 0.25) is 0 Å². The molecule has 0 bridgehead atoms. The maximum atomic E-state index is 12.1. The molecule has 0 aromatic carbocycles. The SMILES string of the molecule is CN1C[C@H](C(=O)Nc2ccc(NC(=O)OC(C)(C)C)nc2)CC1=O. The van der Waals surface area contributed by atoms with Crippen molar-refractivity contribution in [3.05, 3.63) is 18.3 Å².